The van der Waals surface area contributed by atoms with Crippen molar-refractivity contribution in [3.63, 3.8) is 0 Å². The summed E-state index contributed by atoms with van der Waals surface area (Å²) in [5.74, 6) is -0.740. The van der Waals surface area contributed by atoms with Crippen LogP contribution in [-0.2, 0) is 11.3 Å². The van der Waals surface area contributed by atoms with Crippen molar-refractivity contribution in [2.24, 2.45) is 0 Å². The summed E-state index contributed by atoms with van der Waals surface area (Å²) in [6, 6.07) is 6.69. The SMILES string of the molecule is C=CC(=O)N1CCN(c2nc(=O)n3c4c(c(-c5ccc(F)cc5F)c(Cl)cc24)SCC3)C[C@@H]1CC#N. The molecule has 36 heavy (non-hydrogen) atoms. The molecule has 0 unspecified atom stereocenters. The van der Waals surface area contributed by atoms with Crippen LogP contribution in [0, 0.1) is 23.0 Å². The van der Waals surface area contributed by atoms with Crippen molar-refractivity contribution >= 4 is 46.0 Å². The molecule has 184 valence electrons. The molecular weight excluding hydrogens is 508 g/mol. The van der Waals surface area contributed by atoms with E-state index in [0.717, 1.165) is 6.07 Å². The van der Waals surface area contributed by atoms with Crippen LogP contribution in [-0.4, -0.2) is 51.8 Å². The van der Waals surface area contributed by atoms with Crippen molar-refractivity contribution < 1.29 is 13.6 Å². The summed E-state index contributed by atoms with van der Waals surface area (Å²) in [7, 11) is 0. The normalized spacial score (nSPS) is 17.2. The van der Waals surface area contributed by atoms with Gasteiger partial charge >= 0.3 is 5.69 Å². The summed E-state index contributed by atoms with van der Waals surface area (Å²) >= 11 is 8.16. The van der Waals surface area contributed by atoms with E-state index in [1.807, 2.05) is 4.90 Å². The fourth-order valence-corrected chi connectivity index (χ4v) is 6.43. The smallest absolute Gasteiger partial charge is 0.350 e. The molecule has 1 saturated heterocycles. The first-order valence-corrected chi connectivity index (χ1v) is 12.6. The highest BCUT2D eigenvalue weighted by Crippen LogP contribution is 2.46. The van der Waals surface area contributed by atoms with Crippen molar-refractivity contribution in [1.29, 1.82) is 5.26 Å². The highest BCUT2D eigenvalue weighted by Gasteiger charge is 2.32. The minimum absolute atomic E-state index is 0.112. The number of aromatic nitrogens is 2. The van der Waals surface area contributed by atoms with Gasteiger partial charge in [-0.15, -0.1) is 11.8 Å². The van der Waals surface area contributed by atoms with Gasteiger partial charge in [-0.25, -0.2) is 13.6 Å². The first-order chi connectivity index (χ1) is 17.3. The maximum absolute atomic E-state index is 14.8. The van der Waals surface area contributed by atoms with Gasteiger partial charge in [-0.3, -0.25) is 9.36 Å². The lowest BCUT2D eigenvalue weighted by Gasteiger charge is -2.41. The lowest BCUT2D eigenvalue weighted by molar-refractivity contribution is -0.128. The zero-order chi connectivity index (χ0) is 25.6. The predicted octanol–water partition coefficient (Wildman–Crippen LogP) is 4.22. The topological polar surface area (TPSA) is 82.2 Å². The molecule has 0 bridgehead atoms. The molecule has 0 saturated carbocycles. The molecule has 0 aliphatic carbocycles. The summed E-state index contributed by atoms with van der Waals surface area (Å²) in [6.45, 7) is 4.98. The number of nitrogens with zero attached hydrogens (tertiary/aromatic N) is 5. The molecular formula is C25H20ClF2N5O2S. The predicted molar refractivity (Wildman–Crippen MR) is 135 cm³/mol. The third-order valence-corrected chi connectivity index (χ3v) is 7.85. The number of carbonyl (C=O) groups is 1. The Morgan fingerprint density at radius 1 is 1.31 bits per heavy atom. The van der Waals surface area contributed by atoms with E-state index in [9.17, 15) is 23.6 Å². The fraction of sp³-hybridized carbons (Fsp3) is 0.280. The maximum Gasteiger partial charge on any atom is 0.350 e. The molecule has 1 fully saturated rings. The standard InChI is InChI=1S/C25H20ClF2N5O2S/c1-2-20(34)32-8-7-31(13-15(32)5-6-29)24-17-12-18(26)21(16-4-3-14(27)11-19(16)28)23-22(17)33(9-10-36-23)25(35)30-24/h2-4,11-12,15H,1,5,7-10,13H2/t15-/m0/s1. The van der Waals surface area contributed by atoms with E-state index in [1.165, 1.54) is 30.0 Å². The van der Waals surface area contributed by atoms with Crippen molar-refractivity contribution in [2.75, 3.05) is 30.3 Å². The molecule has 1 aromatic heterocycles. The number of halogens is 3. The second kappa shape index (κ2) is 9.56. The second-order valence-corrected chi connectivity index (χ2v) is 10.0. The Kier molecular flexibility index (Phi) is 6.45. The second-order valence-electron chi connectivity index (χ2n) is 8.50. The molecule has 3 aromatic rings. The average molecular weight is 528 g/mol. The third kappa shape index (κ3) is 4.02. The van der Waals surface area contributed by atoms with Gasteiger partial charge in [0, 0.05) is 59.4 Å². The number of benzene rings is 2. The molecule has 11 heteroatoms. The molecule has 1 atom stereocenters. The number of nitriles is 1. The number of anilines is 1. The molecule has 5 rings (SSSR count). The maximum atomic E-state index is 14.8. The van der Waals surface area contributed by atoms with E-state index < -0.39 is 23.4 Å². The third-order valence-electron chi connectivity index (χ3n) is 6.48. The molecule has 0 N–H and O–H groups in total. The van der Waals surface area contributed by atoms with Gasteiger partial charge in [-0.2, -0.15) is 10.2 Å². The lowest BCUT2D eigenvalue weighted by atomic mass is 10.0. The van der Waals surface area contributed by atoms with Crippen LogP contribution in [0.1, 0.15) is 6.42 Å². The van der Waals surface area contributed by atoms with Crippen LogP contribution in [0.2, 0.25) is 5.02 Å². The van der Waals surface area contributed by atoms with E-state index in [-0.39, 0.29) is 22.9 Å². The van der Waals surface area contributed by atoms with Gasteiger partial charge in [-0.1, -0.05) is 18.2 Å². The molecule has 2 aromatic carbocycles. The van der Waals surface area contributed by atoms with Gasteiger partial charge in [0.25, 0.3) is 0 Å². The summed E-state index contributed by atoms with van der Waals surface area (Å²) < 4.78 is 29.9. The lowest BCUT2D eigenvalue weighted by Crippen LogP contribution is -2.55. The Hall–Kier alpha value is -3.42. The van der Waals surface area contributed by atoms with Crippen LogP contribution >= 0.6 is 23.4 Å². The number of amides is 1. The van der Waals surface area contributed by atoms with Gasteiger partial charge in [0.1, 0.15) is 17.5 Å². The zero-order valence-electron chi connectivity index (χ0n) is 19.0. The van der Waals surface area contributed by atoms with Gasteiger partial charge in [-0.05, 0) is 24.3 Å². The fourth-order valence-electron chi connectivity index (χ4n) is 4.87. The Morgan fingerprint density at radius 3 is 2.83 bits per heavy atom. The Morgan fingerprint density at radius 2 is 2.11 bits per heavy atom. The van der Waals surface area contributed by atoms with E-state index in [2.05, 4.69) is 17.6 Å². The highest BCUT2D eigenvalue weighted by molar-refractivity contribution is 7.99. The number of carbonyl (C=O) groups excluding carboxylic acids is 1. The Balaban J connectivity index is 1.69. The van der Waals surface area contributed by atoms with Gasteiger partial charge in [0.05, 0.1) is 29.1 Å². The molecule has 7 nitrogen and oxygen atoms in total. The van der Waals surface area contributed by atoms with E-state index >= 15 is 0 Å². The number of rotatable bonds is 4. The quantitative estimate of drug-likeness (QED) is 0.473. The zero-order valence-corrected chi connectivity index (χ0v) is 20.6. The van der Waals surface area contributed by atoms with Crippen LogP contribution in [0.3, 0.4) is 0 Å². The van der Waals surface area contributed by atoms with Crippen molar-refractivity contribution in [3.8, 4) is 17.2 Å². The largest absolute Gasteiger partial charge is 0.352 e. The van der Waals surface area contributed by atoms with Crippen LogP contribution in [0.4, 0.5) is 14.6 Å². The van der Waals surface area contributed by atoms with E-state index in [4.69, 9.17) is 11.6 Å². The molecule has 0 radical (unpaired) electrons. The highest BCUT2D eigenvalue weighted by atomic mass is 35.5. The Labute approximate surface area is 214 Å². The molecule has 1 amide bonds. The van der Waals surface area contributed by atoms with Crippen molar-refractivity contribution in [2.45, 2.75) is 23.9 Å². The number of aryl methyl sites for hydroxylation is 1. The molecule has 0 spiro atoms. The van der Waals surface area contributed by atoms with E-state index in [1.54, 1.807) is 15.5 Å². The van der Waals surface area contributed by atoms with Crippen LogP contribution < -0.4 is 10.6 Å². The average Bonchev–Trinajstić information content (AvgIpc) is 2.86. The van der Waals surface area contributed by atoms with Gasteiger partial charge < -0.3 is 9.80 Å². The first-order valence-electron chi connectivity index (χ1n) is 11.2. The minimum atomic E-state index is -0.746. The van der Waals surface area contributed by atoms with Crippen LogP contribution in [0.15, 0.2) is 46.6 Å². The monoisotopic (exact) mass is 527 g/mol. The van der Waals surface area contributed by atoms with Crippen LogP contribution in [0.5, 0.6) is 0 Å². The van der Waals surface area contributed by atoms with E-state index in [0.29, 0.717) is 59.1 Å². The van der Waals surface area contributed by atoms with Crippen molar-refractivity contribution in [3.05, 3.63) is 64.1 Å². The summed E-state index contributed by atoms with van der Waals surface area (Å²) in [6.07, 6.45) is 1.33. The Bertz CT molecular complexity index is 1520. The number of thioether (sulfide) groups is 1. The van der Waals surface area contributed by atoms with Gasteiger partial charge in [0.15, 0.2) is 0 Å². The van der Waals surface area contributed by atoms with Gasteiger partial charge in [0.2, 0.25) is 5.91 Å². The molecule has 3 heterocycles. The number of hydrogen-bond acceptors (Lipinski definition) is 6. The summed E-state index contributed by atoms with van der Waals surface area (Å²) in [5, 5.41) is 10.2. The van der Waals surface area contributed by atoms with Crippen LogP contribution in [0.25, 0.3) is 22.0 Å². The minimum Gasteiger partial charge on any atom is -0.352 e. The first kappa shape index (κ1) is 24.3. The van der Waals surface area contributed by atoms with Crippen molar-refractivity contribution in [1.82, 2.24) is 14.5 Å². The number of hydrogen-bond donors (Lipinski definition) is 0. The summed E-state index contributed by atoms with van der Waals surface area (Å²) in [5.41, 5.74) is 0.690. The number of piperazine rings is 1. The summed E-state index contributed by atoms with van der Waals surface area (Å²) in [4.78, 5) is 33.9. The molecule has 2 aliphatic heterocycles. The molecule has 2 aliphatic rings.